The van der Waals surface area contributed by atoms with Crippen LogP contribution in [0.4, 0.5) is 0 Å². The van der Waals surface area contributed by atoms with E-state index in [1.165, 1.54) is 143 Å². The Morgan fingerprint density at radius 3 is 0.900 bits per heavy atom. The van der Waals surface area contributed by atoms with Crippen molar-refractivity contribution < 1.29 is 0 Å². The maximum Gasteiger partial charge on any atom is 0.00106 e. The summed E-state index contributed by atoms with van der Waals surface area (Å²) in [6.07, 6.45) is 14.6. The molecule has 4 nitrogen and oxygen atoms in total. The monoisotopic (exact) mass is 416 g/mol. The highest BCUT2D eigenvalue weighted by atomic mass is 15.2. The topological polar surface area (TPSA) is 13.0 Å². The number of hydrogen-bond donors (Lipinski definition) is 0. The van der Waals surface area contributed by atoms with Gasteiger partial charge in [-0.05, 0) is 140 Å². The van der Waals surface area contributed by atoms with E-state index < -0.39 is 0 Å². The third-order valence-electron chi connectivity index (χ3n) is 9.36. The predicted molar refractivity (Wildman–Crippen MR) is 126 cm³/mol. The lowest BCUT2D eigenvalue weighted by Gasteiger charge is -2.42. The summed E-state index contributed by atoms with van der Waals surface area (Å²) in [5, 5.41) is 0. The van der Waals surface area contributed by atoms with Gasteiger partial charge in [-0.2, -0.15) is 0 Å². The molecule has 4 heteroatoms. The summed E-state index contributed by atoms with van der Waals surface area (Å²) in [5.74, 6) is 4.03. The lowest BCUT2D eigenvalue weighted by Crippen LogP contribution is -2.47. The summed E-state index contributed by atoms with van der Waals surface area (Å²) in [5.41, 5.74) is 0. The standard InChI is InChI=1S/C14H26N2.C12H22N2/c1-3-13-5-9-15(7-1)12-14-4-2-8-16(11-13)10-6-14;1-5-13-6-2-11(1)9-14-7-3-12(10-13)4-8-14/h13-14H,1-12H2;11-12H,1-10H2. The molecule has 0 aromatic carbocycles. The Bertz CT molecular complexity index is 423. The third kappa shape index (κ3) is 5.99. The van der Waals surface area contributed by atoms with Crippen LogP contribution >= 0.6 is 0 Å². The van der Waals surface area contributed by atoms with E-state index in [-0.39, 0.29) is 0 Å². The number of nitrogens with zero attached hydrogens (tertiary/aromatic N) is 4. The predicted octanol–water partition coefficient (Wildman–Crippen LogP) is 3.63. The number of piperidine rings is 2. The van der Waals surface area contributed by atoms with Gasteiger partial charge in [0.25, 0.3) is 0 Å². The average molecular weight is 417 g/mol. The highest BCUT2D eigenvalue weighted by Gasteiger charge is 2.29. The molecule has 9 saturated heterocycles. The van der Waals surface area contributed by atoms with Crippen LogP contribution in [0.2, 0.25) is 0 Å². The van der Waals surface area contributed by atoms with Crippen molar-refractivity contribution in [1.29, 1.82) is 0 Å². The zero-order chi connectivity index (χ0) is 20.2. The first-order valence-electron chi connectivity index (χ1n) is 13.7. The smallest absolute Gasteiger partial charge is 0.00106 e. The minimum absolute atomic E-state index is 1.000. The van der Waals surface area contributed by atoms with Gasteiger partial charge in [-0.1, -0.05) is 0 Å². The molecule has 172 valence electrons. The Morgan fingerprint density at radius 1 is 0.300 bits per heavy atom. The van der Waals surface area contributed by atoms with Crippen molar-refractivity contribution in [2.75, 3.05) is 78.5 Å². The molecule has 0 aromatic heterocycles. The largest absolute Gasteiger partial charge is 0.303 e. The summed E-state index contributed by atoms with van der Waals surface area (Å²) in [4.78, 5) is 11.0. The molecule has 9 aliphatic heterocycles. The van der Waals surface area contributed by atoms with Crippen LogP contribution in [0.5, 0.6) is 0 Å². The van der Waals surface area contributed by atoms with E-state index in [1.807, 2.05) is 0 Å². The minimum Gasteiger partial charge on any atom is -0.303 e. The Kier molecular flexibility index (Phi) is 7.69. The molecule has 4 unspecified atom stereocenters. The number of rotatable bonds is 0. The summed E-state index contributed by atoms with van der Waals surface area (Å²) < 4.78 is 0. The highest BCUT2D eigenvalue weighted by Crippen LogP contribution is 2.28. The van der Waals surface area contributed by atoms with Crippen molar-refractivity contribution in [2.45, 2.75) is 64.2 Å². The zero-order valence-electron chi connectivity index (χ0n) is 19.7. The summed E-state index contributed by atoms with van der Waals surface area (Å²) >= 11 is 0. The van der Waals surface area contributed by atoms with E-state index in [1.54, 1.807) is 0 Å². The molecule has 0 amide bonds. The first-order valence-corrected chi connectivity index (χ1v) is 13.7. The van der Waals surface area contributed by atoms with Crippen LogP contribution in [0.15, 0.2) is 0 Å². The van der Waals surface area contributed by atoms with E-state index >= 15 is 0 Å². The molecule has 9 rings (SSSR count). The molecular formula is C26H48N4. The van der Waals surface area contributed by atoms with Crippen molar-refractivity contribution in [3.8, 4) is 0 Å². The fourth-order valence-electron chi connectivity index (χ4n) is 7.34. The van der Waals surface area contributed by atoms with E-state index in [0.717, 1.165) is 23.7 Å². The fourth-order valence-corrected chi connectivity index (χ4v) is 7.34. The molecule has 0 spiro atoms. The van der Waals surface area contributed by atoms with Gasteiger partial charge in [0.2, 0.25) is 0 Å². The molecule has 9 aliphatic rings. The maximum atomic E-state index is 2.77. The van der Waals surface area contributed by atoms with Gasteiger partial charge in [0.15, 0.2) is 0 Å². The third-order valence-corrected chi connectivity index (χ3v) is 9.36. The first-order chi connectivity index (χ1) is 14.8. The highest BCUT2D eigenvalue weighted by molar-refractivity contribution is 4.84. The van der Waals surface area contributed by atoms with Crippen LogP contribution in [0, 0.1) is 23.7 Å². The summed E-state index contributed by atoms with van der Waals surface area (Å²) in [7, 11) is 0. The zero-order valence-corrected chi connectivity index (χ0v) is 19.7. The van der Waals surface area contributed by atoms with Gasteiger partial charge in [-0.25, -0.2) is 0 Å². The second-order valence-electron chi connectivity index (χ2n) is 11.7. The van der Waals surface area contributed by atoms with Crippen molar-refractivity contribution in [3.63, 3.8) is 0 Å². The van der Waals surface area contributed by atoms with Gasteiger partial charge in [-0.3, -0.25) is 0 Å². The van der Waals surface area contributed by atoms with Gasteiger partial charge in [0, 0.05) is 26.2 Å². The quantitative estimate of drug-likeness (QED) is 0.598. The van der Waals surface area contributed by atoms with Crippen LogP contribution in [0.3, 0.4) is 0 Å². The van der Waals surface area contributed by atoms with Crippen LogP contribution in [-0.2, 0) is 0 Å². The Morgan fingerprint density at radius 2 is 0.567 bits per heavy atom. The van der Waals surface area contributed by atoms with Gasteiger partial charge >= 0.3 is 0 Å². The lowest BCUT2D eigenvalue weighted by atomic mass is 9.89. The molecule has 9 heterocycles. The Labute approximate surface area is 186 Å². The van der Waals surface area contributed by atoms with Crippen molar-refractivity contribution >= 4 is 0 Å². The lowest BCUT2D eigenvalue weighted by molar-refractivity contribution is 0.0671. The van der Waals surface area contributed by atoms with E-state index in [4.69, 9.17) is 0 Å². The van der Waals surface area contributed by atoms with Crippen molar-refractivity contribution in [1.82, 2.24) is 19.6 Å². The molecule has 0 radical (unpaired) electrons. The van der Waals surface area contributed by atoms with E-state index in [9.17, 15) is 0 Å². The second-order valence-corrected chi connectivity index (χ2v) is 11.7. The molecule has 0 saturated carbocycles. The SMILES string of the molecule is C1CC2CCN(C1)CC1CCCN(CC1)C2.C1CN2CCC1CN1CCC(CC1)C2. The van der Waals surface area contributed by atoms with Crippen LogP contribution in [-0.4, -0.2) is 98.1 Å². The molecule has 30 heavy (non-hydrogen) atoms. The molecule has 0 aliphatic carbocycles. The van der Waals surface area contributed by atoms with Gasteiger partial charge in [0.05, 0.1) is 0 Å². The van der Waals surface area contributed by atoms with Crippen LogP contribution < -0.4 is 0 Å². The molecule has 0 N–H and O–H groups in total. The van der Waals surface area contributed by atoms with Crippen molar-refractivity contribution in [3.05, 3.63) is 0 Å². The number of fused-ring (bicyclic) bond motifs is 6. The fraction of sp³-hybridized carbons (Fsp3) is 1.00. The van der Waals surface area contributed by atoms with Crippen LogP contribution in [0.1, 0.15) is 64.2 Å². The molecule has 4 atom stereocenters. The summed E-state index contributed by atoms with van der Waals surface area (Å²) in [6, 6.07) is 0. The average Bonchev–Trinajstić information content (AvgIpc) is 3.16. The van der Waals surface area contributed by atoms with E-state index in [2.05, 4.69) is 19.6 Å². The number of hydrogen-bond acceptors (Lipinski definition) is 4. The normalized spacial score (nSPS) is 46.4. The van der Waals surface area contributed by atoms with Gasteiger partial charge in [-0.15, -0.1) is 0 Å². The van der Waals surface area contributed by atoms with Crippen molar-refractivity contribution in [2.24, 2.45) is 23.7 Å². The minimum atomic E-state index is 1.000. The summed E-state index contributed by atoms with van der Waals surface area (Å²) in [6.45, 7) is 16.7. The van der Waals surface area contributed by atoms with Crippen LogP contribution in [0.25, 0.3) is 0 Å². The molecular weight excluding hydrogens is 368 g/mol. The Balaban J connectivity index is 0.000000130. The maximum absolute atomic E-state index is 2.77. The molecule has 9 fully saturated rings. The van der Waals surface area contributed by atoms with Gasteiger partial charge < -0.3 is 19.6 Å². The molecule has 8 bridgehead atoms. The van der Waals surface area contributed by atoms with Gasteiger partial charge in [0.1, 0.15) is 0 Å². The Hall–Kier alpha value is -0.160. The first kappa shape index (κ1) is 21.7. The molecule has 0 aromatic rings. The second kappa shape index (κ2) is 10.6. The van der Waals surface area contributed by atoms with E-state index in [0.29, 0.717) is 0 Å².